The molecule has 148 valence electrons. The van der Waals surface area contributed by atoms with Crippen LogP contribution in [-0.4, -0.2) is 26.0 Å². The SMILES string of the molecule is Cc1c(Cl)cccc1N=C1NC(=O)/C(=C\c2cc([N+](=O)[O-])cc([N+](=O)[O-])c2O)S1. The maximum atomic E-state index is 12.2. The number of nitro benzene ring substituents is 2. The van der Waals surface area contributed by atoms with Gasteiger partial charge in [0, 0.05) is 16.7 Å². The predicted octanol–water partition coefficient (Wildman–Crippen LogP) is 4.06. The van der Waals surface area contributed by atoms with E-state index in [1.165, 1.54) is 0 Å². The molecule has 29 heavy (non-hydrogen) atoms. The fraction of sp³-hybridized carbons (Fsp3) is 0.0588. The van der Waals surface area contributed by atoms with Gasteiger partial charge in [0.1, 0.15) is 0 Å². The molecule has 0 saturated carbocycles. The summed E-state index contributed by atoms with van der Waals surface area (Å²) in [6.07, 6.45) is 1.13. The normalized spacial score (nSPS) is 16.3. The fourth-order valence-corrected chi connectivity index (χ4v) is 3.42. The number of hydrogen-bond donors (Lipinski definition) is 2. The van der Waals surface area contributed by atoms with E-state index in [2.05, 4.69) is 10.3 Å². The number of nitro groups is 2. The first-order valence-electron chi connectivity index (χ1n) is 7.88. The van der Waals surface area contributed by atoms with Crippen molar-refractivity contribution in [2.45, 2.75) is 6.92 Å². The van der Waals surface area contributed by atoms with Gasteiger partial charge in [-0.15, -0.1) is 0 Å². The summed E-state index contributed by atoms with van der Waals surface area (Å²) in [7, 11) is 0. The molecule has 0 unspecified atom stereocenters. The van der Waals surface area contributed by atoms with Crippen LogP contribution in [0.4, 0.5) is 17.1 Å². The summed E-state index contributed by atoms with van der Waals surface area (Å²) in [5.74, 6) is -1.35. The summed E-state index contributed by atoms with van der Waals surface area (Å²) in [4.78, 5) is 36.9. The van der Waals surface area contributed by atoms with Crippen LogP contribution in [0.15, 0.2) is 40.2 Å². The number of nitrogens with zero attached hydrogens (tertiary/aromatic N) is 3. The Labute approximate surface area is 172 Å². The molecule has 1 heterocycles. The van der Waals surface area contributed by atoms with Crippen LogP contribution in [0.3, 0.4) is 0 Å². The lowest BCUT2D eigenvalue weighted by Crippen LogP contribution is -2.19. The number of aliphatic imine (C=N–C) groups is 1. The van der Waals surface area contributed by atoms with Crippen LogP contribution in [0.25, 0.3) is 6.08 Å². The van der Waals surface area contributed by atoms with Gasteiger partial charge < -0.3 is 10.4 Å². The monoisotopic (exact) mass is 434 g/mol. The molecule has 0 spiro atoms. The highest BCUT2D eigenvalue weighted by atomic mass is 35.5. The third-order valence-electron chi connectivity index (χ3n) is 3.91. The van der Waals surface area contributed by atoms with Gasteiger partial charge >= 0.3 is 5.69 Å². The molecular weight excluding hydrogens is 424 g/mol. The highest BCUT2D eigenvalue weighted by Crippen LogP contribution is 2.38. The molecule has 12 heteroatoms. The number of phenols is 1. The molecule has 2 aromatic carbocycles. The van der Waals surface area contributed by atoms with Crippen LogP contribution in [-0.2, 0) is 4.79 Å². The van der Waals surface area contributed by atoms with Gasteiger partial charge in [-0.3, -0.25) is 25.0 Å². The van der Waals surface area contributed by atoms with Gasteiger partial charge in [-0.25, -0.2) is 4.99 Å². The zero-order valence-electron chi connectivity index (χ0n) is 14.6. The molecule has 0 radical (unpaired) electrons. The number of carbonyl (C=O) groups is 1. The molecule has 3 rings (SSSR count). The van der Waals surface area contributed by atoms with Crippen molar-refractivity contribution in [3.8, 4) is 5.75 Å². The van der Waals surface area contributed by atoms with Crippen LogP contribution in [0.5, 0.6) is 5.75 Å². The van der Waals surface area contributed by atoms with Gasteiger partial charge in [0.2, 0.25) is 5.75 Å². The summed E-state index contributed by atoms with van der Waals surface area (Å²) in [5.41, 5.74) is -0.411. The van der Waals surface area contributed by atoms with Crippen LogP contribution < -0.4 is 5.32 Å². The van der Waals surface area contributed by atoms with Crippen LogP contribution in [0.1, 0.15) is 11.1 Å². The number of benzene rings is 2. The maximum Gasteiger partial charge on any atom is 0.318 e. The first-order chi connectivity index (χ1) is 13.7. The van der Waals surface area contributed by atoms with Gasteiger partial charge in [-0.2, -0.15) is 0 Å². The third-order valence-corrected chi connectivity index (χ3v) is 5.23. The molecule has 0 bridgehead atoms. The lowest BCUT2D eigenvalue weighted by atomic mass is 10.1. The topological polar surface area (TPSA) is 148 Å². The molecule has 0 aliphatic carbocycles. The smallest absolute Gasteiger partial charge is 0.318 e. The molecule has 10 nitrogen and oxygen atoms in total. The molecule has 0 aromatic heterocycles. The Morgan fingerprint density at radius 2 is 1.97 bits per heavy atom. The van der Waals surface area contributed by atoms with E-state index in [4.69, 9.17) is 11.6 Å². The molecule has 1 saturated heterocycles. The van der Waals surface area contributed by atoms with Crippen molar-refractivity contribution < 1.29 is 19.7 Å². The summed E-state index contributed by atoms with van der Waals surface area (Å²) < 4.78 is 0. The standard InChI is InChI=1S/C17H11ClN4O6S/c1-8-11(18)3-2-4-12(8)19-17-20-16(24)14(29-17)6-9-5-10(21(25)26)7-13(15(9)23)22(27)28/h2-7,23H,1H3,(H,19,20,24)/b14-6+. The fourth-order valence-electron chi connectivity index (χ4n) is 2.43. The van der Waals surface area contributed by atoms with Gasteiger partial charge in [0.25, 0.3) is 11.6 Å². The minimum atomic E-state index is -0.943. The molecule has 2 N–H and O–H groups in total. The number of halogens is 1. The van der Waals surface area contributed by atoms with Gasteiger partial charge in [0.05, 0.1) is 26.5 Å². The first-order valence-corrected chi connectivity index (χ1v) is 9.07. The van der Waals surface area contributed by atoms with Crippen molar-refractivity contribution in [3.05, 3.63) is 71.6 Å². The number of amidine groups is 1. The lowest BCUT2D eigenvalue weighted by molar-refractivity contribution is -0.394. The van der Waals surface area contributed by atoms with E-state index in [-0.39, 0.29) is 15.6 Å². The number of thioether (sulfide) groups is 1. The largest absolute Gasteiger partial charge is 0.502 e. The lowest BCUT2D eigenvalue weighted by Gasteiger charge is -2.03. The average Bonchev–Trinajstić information content (AvgIpc) is 2.99. The van der Waals surface area contributed by atoms with E-state index in [9.17, 15) is 30.1 Å². The molecule has 1 aliphatic rings. The maximum absolute atomic E-state index is 12.2. The minimum absolute atomic E-state index is 0.0496. The van der Waals surface area contributed by atoms with Crippen LogP contribution >= 0.6 is 23.4 Å². The number of nitrogens with one attached hydrogen (secondary N) is 1. The number of amides is 1. The number of aromatic hydroxyl groups is 1. The Kier molecular flexibility index (Phi) is 5.52. The van der Waals surface area contributed by atoms with E-state index in [0.717, 1.165) is 23.9 Å². The Bertz CT molecular complexity index is 1130. The Balaban J connectivity index is 2.00. The quantitative estimate of drug-likeness (QED) is 0.418. The van der Waals surface area contributed by atoms with Gasteiger partial charge in [0.15, 0.2) is 5.17 Å². The van der Waals surface area contributed by atoms with E-state index >= 15 is 0 Å². The van der Waals surface area contributed by atoms with Crippen molar-refractivity contribution in [1.29, 1.82) is 0 Å². The van der Waals surface area contributed by atoms with Crippen molar-refractivity contribution in [2.24, 2.45) is 4.99 Å². The minimum Gasteiger partial charge on any atom is -0.502 e. The van der Waals surface area contributed by atoms with Crippen LogP contribution in [0, 0.1) is 27.2 Å². The van der Waals surface area contributed by atoms with Crippen LogP contribution in [0.2, 0.25) is 5.02 Å². The molecule has 1 amide bonds. The highest BCUT2D eigenvalue weighted by Gasteiger charge is 2.27. The third kappa shape index (κ3) is 4.20. The summed E-state index contributed by atoms with van der Waals surface area (Å²) in [6.45, 7) is 1.76. The molecule has 0 atom stereocenters. The van der Waals surface area contributed by atoms with E-state index < -0.39 is 32.9 Å². The van der Waals surface area contributed by atoms with Gasteiger partial charge in [-0.05, 0) is 42.5 Å². The molecule has 1 aliphatic heterocycles. The van der Waals surface area contributed by atoms with Crippen molar-refractivity contribution in [1.82, 2.24) is 5.32 Å². The number of rotatable bonds is 4. The summed E-state index contributed by atoms with van der Waals surface area (Å²) in [5, 5.41) is 35.4. The van der Waals surface area contributed by atoms with Crippen molar-refractivity contribution in [2.75, 3.05) is 0 Å². The highest BCUT2D eigenvalue weighted by molar-refractivity contribution is 8.18. The number of phenolic OH excluding ortho intramolecular Hbond substituents is 1. The second kappa shape index (κ2) is 7.89. The Morgan fingerprint density at radius 3 is 2.62 bits per heavy atom. The number of non-ortho nitro benzene ring substituents is 1. The Morgan fingerprint density at radius 1 is 1.24 bits per heavy atom. The van der Waals surface area contributed by atoms with Gasteiger partial charge in [-0.1, -0.05) is 17.7 Å². The summed E-state index contributed by atoms with van der Waals surface area (Å²) >= 11 is 6.97. The van der Waals surface area contributed by atoms with Crippen molar-refractivity contribution in [3.63, 3.8) is 0 Å². The molecule has 1 fully saturated rings. The average molecular weight is 435 g/mol. The van der Waals surface area contributed by atoms with Crippen molar-refractivity contribution >= 4 is 57.6 Å². The van der Waals surface area contributed by atoms with E-state index in [0.29, 0.717) is 22.3 Å². The van der Waals surface area contributed by atoms with E-state index in [1.54, 1.807) is 25.1 Å². The zero-order chi connectivity index (χ0) is 21.3. The van der Waals surface area contributed by atoms with E-state index in [1.807, 2.05) is 0 Å². The Hall–Kier alpha value is -3.44. The number of hydrogen-bond acceptors (Lipinski definition) is 8. The zero-order valence-corrected chi connectivity index (χ0v) is 16.2. The second-order valence-corrected chi connectivity index (χ2v) is 7.22. The predicted molar refractivity (Wildman–Crippen MR) is 108 cm³/mol. The molecular formula is C17H11ClN4O6S. The summed E-state index contributed by atoms with van der Waals surface area (Å²) in [6, 6.07) is 6.70. The first kappa shape index (κ1) is 20.3. The molecule has 2 aromatic rings. The number of carbonyl (C=O) groups excluding carboxylic acids is 1. The second-order valence-electron chi connectivity index (χ2n) is 5.78.